The van der Waals surface area contributed by atoms with Crippen molar-refractivity contribution in [3.8, 4) is 5.75 Å². The molecule has 11 heteroatoms. The number of carbonyl (C=O) groups excluding carboxylic acids is 1. The summed E-state index contributed by atoms with van der Waals surface area (Å²) in [5.74, 6) is -0.142. The molecule has 0 aliphatic rings. The molecule has 33 heavy (non-hydrogen) atoms. The van der Waals surface area contributed by atoms with E-state index in [-0.39, 0.29) is 16.3 Å². The first kappa shape index (κ1) is 23.4. The van der Waals surface area contributed by atoms with Crippen LogP contribution in [0.5, 0.6) is 5.75 Å². The van der Waals surface area contributed by atoms with Crippen LogP contribution in [0.25, 0.3) is 0 Å². The third kappa shape index (κ3) is 5.92. The molecule has 10 nitrogen and oxygen atoms in total. The van der Waals surface area contributed by atoms with Crippen molar-refractivity contribution in [2.45, 2.75) is 4.90 Å². The lowest BCUT2D eigenvalue weighted by molar-refractivity contribution is -0.384. The fraction of sp³-hybridized carbons (Fsp3) is 0.0909. The molecule has 0 bridgehead atoms. The first-order chi connectivity index (χ1) is 15.8. The predicted molar refractivity (Wildman–Crippen MR) is 123 cm³/mol. The largest absolute Gasteiger partial charge is 0.497 e. The monoisotopic (exact) mass is 468 g/mol. The van der Waals surface area contributed by atoms with Crippen molar-refractivity contribution < 1.29 is 22.9 Å². The Morgan fingerprint density at radius 2 is 1.70 bits per heavy atom. The number of benzene rings is 3. The number of sulfonamides is 1. The van der Waals surface area contributed by atoms with Crippen molar-refractivity contribution in [3.63, 3.8) is 0 Å². The molecule has 1 amide bonds. The van der Waals surface area contributed by atoms with E-state index in [1.807, 2.05) is 0 Å². The van der Waals surface area contributed by atoms with E-state index in [0.717, 1.165) is 4.31 Å². The van der Waals surface area contributed by atoms with Gasteiger partial charge in [0.2, 0.25) is 0 Å². The Morgan fingerprint density at radius 1 is 1.06 bits per heavy atom. The molecular formula is C22H20N4O6S. The van der Waals surface area contributed by atoms with Crippen molar-refractivity contribution >= 4 is 33.5 Å². The average Bonchev–Trinajstić information content (AvgIpc) is 2.83. The number of nitro groups is 1. The van der Waals surface area contributed by atoms with Gasteiger partial charge < -0.3 is 4.74 Å². The third-order valence-electron chi connectivity index (χ3n) is 4.49. The van der Waals surface area contributed by atoms with Gasteiger partial charge in [0.15, 0.2) is 0 Å². The summed E-state index contributed by atoms with van der Waals surface area (Å²) in [4.78, 5) is 22.7. The summed E-state index contributed by atoms with van der Waals surface area (Å²) >= 11 is 0. The highest BCUT2D eigenvalue weighted by atomic mass is 32.2. The second kappa shape index (κ2) is 10.4. The van der Waals surface area contributed by atoms with E-state index < -0.39 is 27.4 Å². The SMILES string of the molecule is COc1ccc(N(CC(=O)N/N=C\c2ccc([N+](=O)[O-])cc2)S(=O)(=O)c2ccccc2)cc1. The Morgan fingerprint density at radius 3 is 2.27 bits per heavy atom. The number of methoxy groups -OCH3 is 1. The van der Waals surface area contributed by atoms with E-state index in [1.54, 1.807) is 30.3 Å². The molecular weight excluding hydrogens is 448 g/mol. The number of anilines is 1. The lowest BCUT2D eigenvalue weighted by Crippen LogP contribution is -2.39. The Hall–Kier alpha value is -4.25. The number of ether oxygens (including phenoxy) is 1. The minimum Gasteiger partial charge on any atom is -0.497 e. The number of non-ortho nitro benzene ring substituents is 1. The van der Waals surface area contributed by atoms with Gasteiger partial charge in [-0.05, 0) is 54.1 Å². The topological polar surface area (TPSA) is 131 Å². The summed E-state index contributed by atoms with van der Waals surface area (Å²) in [7, 11) is -2.55. The van der Waals surface area contributed by atoms with Gasteiger partial charge in [0, 0.05) is 12.1 Å². The predicted octanol–water partition coefficient (Wildman–Crippen LogP) is 2.95. The Labute approximate surface area is 190 Å². The first-order valence-corrected chi connectivity index (χ1v) is 11.0. The molecule has 0 saturated carbocycles. The zero-order valence-electron chi connectivity index (χ0n) is 17.5. The van der Waals surface area contributed by atoms with Gasteiger partial charge in [0.05, 0.1) is 28.8 Å². The Balaban J connectivity index is 1.79. The number of hydrogen-bond donors (Lipinski definition) is 1. The molecule has 0 atom stereocenters. The van der Waals surface area contributed by atoms with Crippen LogP contribution in [-0.2, 0) is 14.8 Å². The quantitative estimate of drug-likeness (QED) is 0.292. The van der Waals surface area contributed by atoms with Crippen molar-refractivity contribution in [1.82, 2.24) is 5.43 Å². The molecule has 1 N–H and O–H groups in total. The molecule has 3 aromatic rings. The van der Waals surface area contributed by atoms with Crippen molar-refractivity contribution in [2.24, 2.45) is 5.10 Å². The molecule has 0 radical (unpaired) electrons. The highest BCUT2D eigenvalue weighted by molar-refractivity contribution is 7.92. The van der Waals surface area contributed by atoms with Gasteiger partial charge in [0.1, 0.15) is 12.3 Å². The van der Waals surface area contributed by atoms with E-state index in [9.17, 15) is 23.3 Å². The maximum Gasteiger partial charge on any atom is 0.269 e. The van der Waals surface area contributed by atoms with Gasteiger partial charge in [-0.25, -0.2) is 13.8 Å². The molecule has 170 valence electrons. The van der Waals surface area contributed by atoms with Gasteiger partial charge in [0.25, 0.3) is 21.6 Å². The molecule has 0 aliphatic carbocycles. The first-order valence-electron chi connectivity index (χ1n) is 9.59. The van der Waals surface area contributed by atoms with E-state index in [1.165, 1.54) is 61.9 Å². The lowest BCUT2D eigenvalue weighted by Gasteiger charge is -2.23. The van der Waals surface area contributed by atoms with Crippen LogP contribution < -0.4 is 14.5 Å². The zero-order chi connectivity index (χ0) is 23.8. The maximum atomic E-state index is 13.2. The Kier molecular flexibility index (Phi) is 7.36. The van der Waals surface area contributed by atoms with Crippen LogP contribution in [0.4, 0.5) is 11.4 Å². The summed E-state index contributed by atoms with van der Waals surface area (Å²) in [5.41, 5.74) is 3.00. The number of amides is 1. The standard InChI is InChI=1S/C22H20N4O6S/c1-32-20-13-11-18(12-14-20)25(33(30,31)21-5-3-2-4-6-21)16-22(27)24-23-15-17-7-9-19(10-8-17)26(28)29/h2-15H,16H2,1H3,(H,24,27)/b23-15-. The van der Waals surface area contributed by atoms with Gasteiger partial charge >= 0.3 is 0 Å². The molecule has 0 fully saturated rings. The third-order valence-corrected chi connectivity index (χ3v) is 6.27. The van der Waals surface area contributed by atoms with Gasteiger partial charge in [-0.15, -0.1) is 0 Å². The lowest BCUT2D eigenvalue weighted by atomic mass is 10.2. The van der Waals surface area contributed by atoms with Crippen LogP contribution in [0.3, 0.4) is 0 Å². The van der Waals surface area contributed by atoms with Crippen LogP contribution in [-0.4, -0.2) is 39.1 Å². The molecule has 0 spiro atoms. The summed E-state index contributed by atoms with van der Waals surface area (Å²) < 4.78 is 32.5. The highest BCUT2D eigenvalue weighted by Gasteiger charge is 2.27. The van der Waals surface area contributed by atoms with Crippen molar-refractivity contribution in [1.29, 1.82) is 0 Å². The van der Waals surface area contributed by atoms with Crippen LogP contribution in [0.15, 0.2) is 88.9 Å². The maximum absolute atomic E-state index is 13.2. The van der Waals surface area contributed by atoms with Crippen LogP contribution >= 0.6 is 0 Å². The van der Waals surface area contributed by atoms with Gasteiger partial charge in [-0.3, -0.25) is 19.2 Å². The minimum atomic E-state index is -4.04. The number of rotatable bonds is 9. The number of hydrazone groups is 1. The summed E-state index contributed by atoms with van der Waals surface area (Å²) in [6.07, 6.45) is 1.30. The summed E-state index contributed by atoms with van der Waals surface area (Å²) in [6, 6.07) is 19.6. The number of hydrogen-bond acceptors (Lipinski definition) is 7. The second-order valence-electron chi connectivity index (χ2n) is 6.66. The fourth-order valence-electron chi connectivity index (χ4n) is 2.81. The molecule has 3 aromatic carbocycles. The number of nitrogens with one attached hydrogen (secondary N) is 1. The molecule has 0 aromatic heterocycles. The number of nitro benzene ring substituents is 1. The molecule has 0 heterocycles. The van der Waals surface area contributed by atoms with E-state index in [0.29, 0.717) is 11.3 Å². The Bertz CT molecular complexity index is 1240. The van der Waals surface area contributed by atoms with E-state index in [2.05, 4.69) is 10.5 Å². The van der Waals surface area contributed by atoms with Gasteiger partial charge in [-0.1, -0.05) is 18.2 Å². The minimum absolute atomic E-state index is 0.0306. The van der Waals surface area contributed by atoms with Crippen LogP contribution in [0, 0.1) is 10.1 Å². The molecule has 3 rings (SSSR count). The van der Waals surface area contributed by atoms with E-state index >= 15 is 0 Å². The fourth-order valence-corrected chi connectivity index (χ4v) is 4.25. The number of carbonyl (C=O) groups is 1. The van der Waals surface area contributed by atoms with Crippen LogP contribution in [0.2, 0.25) is 0 Å². The van der Waals surface area contributed by atoms with Crippen molar-refractivity contribution in [2.75, 3.05) is 18.0 Å². The average molecular weight is 468 g/mol. The highest BCUT2D eigenvalue weighted by Crippen LogP contribution is 2.25. The van der Waals surface area contributed by atoms with E-state index in [4.69, 9.17) is 4.74 Å². The zero-order valence-corrected chi connectivity index (χ0v) is 18.3. The molecule has 0 aliphatic heterocycles. The second-order valence-corrected chi connectivity index (χ2v) is 8.53. The molecule has 0 saturated heterocycles. The van der Waals surface area contributed by atoms with Crippen LogP contribution in [0.1, 0.15) is 5.56 Å². The normalized spacial score (nSPS) is 11.2. The van der Waals surface area contributed by atoms with Crippen molar-refractivity contribution in [3.05, 3.63) is 94.5 Å². The molecule has 0 unspecified atom stereocenters. The summed E-state index contributed by atoms with van der Waals surface area (Å²) in [6.45, 7) is -0.527. The summed E-state index contributed by atoms with van der Waals surface area (Å²) in [5, 5.41) is 14.5. The van der Waals surface area contributed by atoms with Gasteiger partial charge in [-0.2, -0.15) is 5.10 Å². The number of nitrogens with zero attached hydrogens (tertiary/aromatic N) is 3. The smallest absolute Gasteiger partial charge is 0.269 e.